The fourth-order valence-electron chi connectivity index (χ4n) is 1.51. The Morgan fingerprint density at radius 1 is 1.44 bits per heavy atom. The van der Waals surface area contributed by atoms with Crippen molar-refractivity contribution in [1.29, 1.82) is 0 Å². The zero-order chi connectivity index (χ0) is 11.9. The van der Waals surface area contributed by atoms with Crippen LogP contribution in [0.4, 0.5) is 19.0 Å². The summed E-state index contributed by atoms with van der Waals surface area (Å²) in [5, 5.41) is 0. The maximum atomic E-state index is 12.4. The predicted molar refractivity (Wildman–Crippen MR) is 49.3 cm³/mol. The lowest BCUT2D eigenvalue weighted by atomic mass is 10.1. The first-order valence-electron chi connectivity index (χ1n) is 4.58. The molecule has 2 heterocycles. The third-order valence-corrected chi connectivity index (χ3v) is 2.36. The highest BCUT2D eigenvalue weighted by Gasteiger charge is 2.36. The molecular weight excluding hydrogens is 223 g/mol. The second-order valence-electron chi connectivity index (χ2n) is 3.52. The lowest BCUT2D eigenvalue weighted by Crippen LogP contribution is -2.30. The van der Waals surface area contributed by atoms with Crippen molar-refractivity contribution in [3.63, 3.8) is 0 Å². The van der Waals surface area contributed by atoms with Crippen LogP contribution in [0.15, 0.2) is 6.20 Å². The second-order valence-corrected chi connectivity index (χ2v) is 3.52. The Morgan fingerprint density at radius 3 is 2.75 bits per heavy atom. The van der Waals surface area contributed by atoms with Gasteiger partial charge in [-0.25, -0.2) is 9.97 Å². The van der Waals surface area contributed by atoms with Crippen molar-refractivity contribution in [2.45, 2.75) is 12.6 Å². The van der Waals surface area contributed by atoms with E-state index >= 15 is 0 Å². The van der Waals surface area contributed by atoms with Crippen molar-refractivity contribution < 1.29 is 18.0 Å². The van der Waals surface area contributed by atoms with Gasteiger partial charge in [-0.15, -0.1) is 0 Å². The van der Waals surface area contributed by atoms with Gasteiger partial charge in [0.25, 0.3) is 0 Å². The number of hydrogen-bond donors (Lipinski definition) is 0. The number of rotatable bonds is 0. The first kappa shape index (κ1) is 10.8. The predicted octanol–water partition coefficient (Wildman–Crippen LogP) is 1.52. The number of carbonyl (C=O) groups is 1. The Hall–Kier alpha value is -1.66. The number of Topliss-reactive ketones (excluding diaryl/α,β-unsaturated/α-hetero) is 1. The van der Waals surface area contributed by atoms with E-state index in [9.17, 15) is 18.0 Å². The molecule has 0 radical (unpaired) electrons. The number of carbonyl (C=O) groups excluding carboxylic acids is 1. The summed E-state index contributed by atoms with van der Waals surface area (Å²) >= 11 is 0. The number of alkyl halides is 3. The molecule has 86 valence electrons. The van der Waals surface area contributed by atoms with Crippen molar-refractivity contribution in [1.82, 2.24) is 9.97 Å². The summed E-state index contributed by atoms with van der Waals surface area (Å²) in [7, 11) is 1.60. The van der Waals surface area contributed by atoms with E-state index in [1.165, 1.54) is 4.90 Å². The molecule has 0 N–H and O–H groups in total. The highest BCUT2D eigenvalue weighted by molar-refractivity contribution is 6.02. The molecule has 1 aliphatic heterocycles. The van der Waals surface area contributed by atoms with Gasteiger partial charge >= 0.3 is 6.18 Å². The number of hydrogen-bond acceptors (Lipinski definition) is 4. The average molecular weight is 231 g/mol. The summed E-state index contributed by atoms with van der Waals surface area (Å²) in [6.45, 7) is 0.375. The maximum absolute atomic E-state index is 12.4. The van der Waals surface area contributed by atoms with Crippen molar-refractivity contribution in [3.05, 3.63) is 17.6 Å². The molecule has 16 heavy (non-hydrogen) atoms. The zero-order valence-electron chi connectivity index (χ0n) is 8.38. The maximum Gasteiger partial charge on any atom is 0.451 e. The number of fused-ring (bicyclic) bond motifs is 1. The molecule has 0 bridgehead atoms. The second kappa shape index (κ2) is 3.43. The number of ketones is 1. The SMILES string of the molecule is CN1CCC(=O)c2cnc(C(F)(F)F)nc21. The van der Waals surface area contributed by atoms with Gasteiger partial charge < -0.3 is 4.90 Å². The normalized spacial score (nSPS) is 16.2. The third kappa shape index (κ3) is 1.72. The molecule has 0 aliphatic carbocycles. The molecule has 1 aromatic heterocycles. The molecule has 1 aromatic rings. The van der Waals surface area contributed by atoms with Crippen LogP contribution in [-0.4, -0.2) is 29.3 Å². The Balaban J connectivity index is 2.52. The van der Waals surface area contributed by atoms with Gasteiger partial charge in [-0.2, -0.15) is 13.2 Å². The minimum absolute atomic E-state index is 0.0542. The molecule has 0 aromatic carbocycles. The Morgan fingerprint density at radius 2 is 2.12 bits per heavy atom. The van der Waals surface area contributed by atoms with Gasteiger partial charge in [0, 0.05) is 26.2 Å². The van der Waals surface area contributed by atoms with Crippen LogP contribution in [0.3, 0.4) is 0 Å². The lowest BCUT2D eigenvalue weighted by Gasteiger charge is -2.25. The lowest BCUT2D eigenvalue weighted by molar-refractivity contribution is -0.144. The molecular formula is C9H8F3N3O. The molecule has 7 heteroatoms. The molecule has 0 fully saturated rings. The van der Waals surface area contributed by atoms with E-state index in [0.29, 0.717) is 6.54 Å². The Kier molecular flexibility index (Phi) is 2.32. The van der Waals surface area contributed by atoms with Crippen LogP contribution in [0.2, 0.25) is 0 Å². The summed E-state index contributed by atoms with van der Waals surface area (Å²) in [5.74, 6) is -1.38. The zero-order valence-corrected chi connectivity index (χ0v) is 8.38. The summed E-state index contributed by atoms with van der Waals surface area (Å²) in [6, 6.07) is 0. The van der Waals surface area contributed by atoms with Crippen LogP contribution in [0, 0.1) is 0 Å². The van der Waals surface area contributed by atoms with Gasteiger partial charge in [-0.1, -0.05) is 0 Å². The van der Waals surface area contributed by atoms with Crippen LogP contribution in [0.1, 0.15) is 22.6 Å². The topological polar surface area (TPSA) is 46.1 Å². The smallest absolute Gasteiger partial charge is 0.359 e. The van der Waals surface area contributed by atoms with Crippen molar-refractivity contribution in [2.24, 2.45) is 0 Å². The molecule has 0 unspecified atom stereocenters. The summed E-state index contributed by atoms with van der Waals surface area (Å²) in [4.78, 5) is 19.5. The molecule has 4 nitrogen and oxygen atoms in total. The average Bonchev–Trinajstić information content (AvgIpc) is 2.22. The van der Waals surface area contributed by atoms with Gasteiger partial charge in [-0.3, -0.25) is 4.79 Å². The molecule has 2 rings (SSSR count). The first-order valence-corrected chi connectivity index (χ1v) is 4.58. The van der Waals surface area contributed by atoms with Crippen LogP contribution in [0.5, 0.6) is 0 Å². The van der Waals surface area contributed by atoms with Gasteiger partial charge in [-0.05, 0) is 0 Å². The van der Waals surface area contributed by atoms with Crippen LogP contribution >= 0.6 is 0 Å². The monoisotopic (exact) mass is 231 g/mol. The molecule has 0 atom stereocenters. The largest absolute Gasteiger partial charge is 0.451 e. The van der Waals surface area contributed by atoms with Crippen molar-refractivity contribution in [2.75, 3.05) is 18.5 Å². The fourth-order valence-corrected chi connectivity index (χ4v) is 1.51. The molecule has 0 saturated heterocycles. The highest BCUT2D eigenvalue weighted by Crippen LogP contribution is 2.30. The number of halogens is 3. The molecule has 0 spiro atoms. The van der Waals surface area contributed by atoms with Gasteiger partial charge in [0.1, 0.15) is 5.82 Å². The minimum atomic E-state index is -4.59. The summed E-state index contributed by atoms with van der Waals surface area (Å²) in [6.07, 6.45) is -3.36. The summed E-state index contributed by atoms with van der Waals surface area (Å²) < 4.78 is 37.1. The number of nitrogens with zero attached hydrogens (tertiary/aromatic N) is 3. The third-order valence-electron chi connectivity index (χ3n) is 2.36. The molecule has 0 saturated carbocycles. The minimum Gasteiger partial charge on any atom is -0.359 e. The van der Waals surface area contributed by atoms with E-state index < -0.39 is 12.0 Å². The van der Waals surface area contributed by atoms with Crippen LogP contribution < -0.4 is 4.90 Å². The van der Waals surface area contributed by atoms with E-state index in [2.05, 4.69) is 9.97 Å². The van der Waals surface area contributed by atoms with E-state index in [1.54, 1.807) is 7.05 Å². The van der Waals surface area contributed by atoms with E-state index in [1.807, 2.05) is 0 Å². The fraction of sp³-hybridized carbons (Fsp3) is 0.444. The van der Waals surface area contributed by atoms with Gasteiger partial charge in [0.2, 0.25) is 5.82 Å². The van der Waals surface area contributed by atoms with E-state index in [0.717, 1.165) is 6.20 Å². The Bertz CT molecular complexity index is 444. The summed E-state index contributed by atoms with van der Waals surface area (Å²) in [5.41, 5.74) is 0.154. The number of aromatic nitrogens is 2. The standard InChI is InChI=1S/C9H8F3N3O/c1-15-3-2-6(16)5-4-13-8(9(10,11)12)14-7(5)15/h4H,2-3H2,1H3. The highest BCUT2D eigenvalue weighted by atomic mass is 19.4. The van der Waals surface area contributed by atoms with Gasteiger partial charge in [0.05, 0.1) is 5.56 Å². The van der Waals surface area contributed by atoms with Crippen LogP contribution in [-0.2, 0) is 6.18 Å². The van der Waals surface area contributed by atoms with Crippen LogP contribution in [0.25, 0.3) is 0 Å². The van der Waals surface area contributed by atoms with Crippen molar-refractivity contribution in [3.8, 4) is 0 Å². The Labute approximate surface area is 89.1 Å². The first-order chi connectivity index (χ1) is 7.39. The molecule has 1 aliphatic rings. The van der Waals surface area contributed by atoms with E-state index in [4.69, 9.17) is 0 Å². The molecule has 0 amide bonds. The quantitative estimate of drug-likeness (QED) is 0.679. The number of anilines is 1. The van der Waals surface area contributed by atoms with Crippen molar-refractivity contribution >= 4 is 11.6 Å². The van der Waals surface area contributed by atoms with Gasteiger partial charge in [0.15, 0.2) is 5.78 Å². The van der Waals surface area contributed by atoms with E-state index in [-0.39, 0.29) is 23.6 Å².